The van der Waals surface area contributed by atoms with Crippen LogP contribution in [0.2, 0.25) is 0 Å². The zero-order valence-electron chi connectivity index (χ0n) is 8.16. The quantitative estimate of drug-likeness (QED) is 0.471. The lowest BCUT2D eigenvalue weighted by atomic mass is 10.2. The van der Waals surface area contributed by atoms with Crippen LogP contribution in [0.5, 0.6) is 0 Å². The fourth-order valence-electron chi connectivity index (χ4n) is 1.24. The second-order valence-electron chi connectivity index (χ2n) is 3.20. The van der Waals surface area contributed by atoms with Crippen LogP contribution in [-0.2, 0) is 9.57 Å². The molecule has 0 bridgehead atoms. The molecule has 0 heterocycles. The second kappa shape index (κ2) is 5.93. The van der Waals surface area contributed by atoms with Gasteiger partial charge in [0.2, 0.25) is 3.79 Å². The van der Waals surface area contributed by atoms with Crippen LogP contribution in [0.4, 0.5) is 4.79 Å². The van der Waals surface area contributed by atoms with Crippen LogP contribution in [-0.4, -0.2) is 28.6 Å². The molecule has 5 nitrogen and oxygen atoms in total. The summed E-state index contributed by atoms with van der Waals surface area (Å²) in [7, 11) is 0. The summed E-state index contributed by atoms with van der Waals surface area (Å²) >= 11 is 16.3. The smallest absolute Gasteiger partial charge is 0.407 e. The van der Waals surface area contributed by atoms with E-state index in [1.807, 2.05) is 6.08 Å². The number of carbonyl (C=O) groups is 1. The normalized spacial score (nSPS) is 24.5. The fourth-order valence-corrected chi connectivity index (χ4v) is 1.40. The van der Waals surface area contributed by atoms with Gasteiger partial charge in [0.05, 0.1) is 6.04 Å². The van der Waals surface area contributed by atoms with Crippen LogP contribution < -0.4 is 11.2 Å². The van der Waals surface area contributed by atoms with Gasteiger partial charge in [0, 0.05) is 0 Å². The number of ether oxygens (including phenoxy) is 1. The number of alkyl carbamates (subject to hydrolysis) is 1. The molecule has 0 aromatic heterocycles. The number of hydrogen-bond acceptors (Lipinski definition) is 4. The van der Waals surface area contributed by atoms with Crippen LogP contribution in [0.25, 0.3) is 0 Å². The largest absolute Gasteiger partial charge is 0.445 e. The molecule has 8 heteroatoms. The molecule has 1 aliphatic rings. The van der Waals surface area contributed by atoms with Gasteiger partial charge in [-0.25, -0.2) is 10.7 Å². The summed E-state index contributed by atoms with van der Waals surface area (Å²) in [4.78, 5) is 15.9. The van der Waals surface area contributed by atoms with Crippen LogP contribution in [0, 0.1) is 0 Å². The first-order valence-electron chi connectivity index (χ1n) is 4.44. The Labute approximate surface area is 108 Å². The van der Waals surface area contributed by atoms with Crippen LogP contribution >= 0.6 is 34.8 Å². The molecule has 0 aromatic carbocycles. The average Bonchev–Trinajstić information content (AvgIpc) is 2.61. The molecule has 3 N–H and O–H groups in total. The van der Waals surface area contributed by atoms with Gasteiger partial charge < -0.3 is 10.1 Å². The van der Waals surface area contributed by atoms with Gasteiger partial charge in [-0.2, -0.15) is 0 Å². The van der Waals surface area contributed by atoms with Crippen molar-refractivity contribution >= 4 is 40.9 Å². The molecular formula is C8H11Cl3N2O3. The van der Waals surface area contributed by atoms with Crippen molar-refractivity contribution in [3.8, 4) is 0 Å². The van der Waals surface area contributed by atoms with E-state index in [9.17, 15) is 4.79 Å². The SMILES string of the molecule is NO[C@H]1CC=C[C@H]1NC(=O)OCC(Cl)(Cl)Cl. The van der Waals surface area contributed by atoms with Gasteiger partial charge in [0.15, 0.2) is 0 Å². The number of rotatable bonds is 3. The Hall–Kier alpha value is -0.200. The lowest BCUT2D eigenvalue weighted by Crippen LogP contribution is -2.42. The van der Waals surface area contributed by atoms with E-state index in [1.165, 1.54) is 0 Å². The number of amides is 1. The molecule has 0 aromatic rings. The summed E-state index contributed by atoms with van der Waals surface area (Å²) in [5.41, 5.74) is 0. The molecule has 0 saturated heterocycles. The van der Waals surface area contributed by atoms with Gasteiger partial charge in [0.25, 0.3) is 0 Å². The molecule has 16 heavy (non-hydrogen) atoms. The Morgan fingerprint density at radius 3 is 2.81 bits per heavy atom. The number of halogens is 3. The summed E-state index contributed by atoms with van der Waals surface area (Å²) < 4.78 is 3.07. The van der Waals surface area contributed by atoms with E-state index >= 15 is 0 Å². The molecule has 1 amide bonds. The van der Waals surface area contributed by atoms with Crippen molar-refractivity contribution in [1.82, 2.24) is 5.32 Å². The van der Waals surface area contributed by atoms with Gasteiger partial charge in [-0.05, 0) is 6.42 Å². The average molecular weight is 290 g/mol. The minimum absolute atomic E-state index is 0.291. The maximum absolute atomic E-state index is 11.3. The predicted molar refractivity (Wildman–Crippen MR) is 61.4 cm³/mol. The monoisotopic (exact) mass is 288 g/mol. The molecule has 0 unspecified atom stereocenters. The van der Waals surface area contributed by atoms with E-state index in [-0.39, 0.29) is 18.8 Å². The van der Waals surface area contributed by atoms with Crippen molar-refractivity contribution in [3.63, 3.8) is 0 Å². The number of nitrogens with one attached hydrogen (secondary N) is 1. The molecular weight excluding hydrogens is 278 g/mol. The topological polar surface area (TPSA) is 73.6 Å². The fraction of sp³-hybridized carbons (Fsp3) is 0.625. The first kappa shape index (κ1) is 13.9. The molecule has 0 saturated carbocycles. The second-order valence-corrected chi connectivity index (χ2v) is 5.72. The highest BCUT2D eigenvalue weighted by atomic mass is 35.6. The van der Waals surface area contributed by atoms with Crippen molar-refractivity contribution in [2.75, 3.05) is 6.61 Å². The highest BCUT2D eigenvalue weighted by Crippen LogP contribution is 2.25. The van der Waals surface area contributed by atoms with E-state index in [0.717, 1.165) is 0 Å². The number of nitrogens with two attached hydrogens (primary N) is 1. The van der Waals surface area contributed by atoms with E-state index < -0.39 is 9.89 Å². The van der Waals surface area contributed by atoms with E-state index in [0.29, 0.717) is 6.42 Å². The summed E-state index contributed by atoms with van der Waals surface area (Å²) in [6, 6.07) is -0.326. The van der Waals surface area contributed by atoms with Crippen molar-refractivity contribution < 1.29 is 14.4 Å². The molecule has 1 rings (SSSR count). The Balaban J connectivity index is 2.31. The van der Waals surface area contributed by atoms with E-state index in [1.54, 1.807) is 6.08 Å². The van der Waals surface area contributed by atoms with E-state index in [4.69, 9.17) is 40.7 Å². The first-order valence-corrected chi connectivity index (χ1v) is 5.58. The van der Waals surface area contributed by atoms with Gasteiger partial charge in [-0.3, -0.25) is 4.84 Å². The Bertz CT molecular complexity index is 280. The molecule has 0 spiro atoms. The molecule has 0 radical (unpaired) electrons. The minimum atomic E-state index is -1.62. The first-order chi connectivity index (χ1) is 7.42. The summed E-state index contributed by atoms with van der Waals surface area (Å²) in [6.45, 7) is -0.325. The third-order valence-electron chi connectivity index (χ3n) is 1.94. The molecule has 2 atom stereocenters. The highest BCUT2D eigenvalue weighted by Gasteiger charge is 2.27. The standard InChI is InChI=1S/C8H11Cl3N2O3/c9-8(10,11)4-15-7(14)13-5-2-1-3-6(5)16-12/h1-2,5-6H,3-4,12H2,(H,13,14)/t5-,6+/m1/s1. The van der Waals surface area contributed by atoms with Crippen LogP contribution in [0.1, 0.15) is 6.42 Å². The van der Waals surface area contributed by atoms with Crippen LogP contribution in [0.3, 0.4) is 0 Å². The molecule has 0 fully saturated rings. The van der Waals surface area contributed by atoms with Gasteiger partial charge in [-0.1, -0.05) is 47.0 Å². The zero-order valence-corrected chi connectivity index (χ0v) is 10.4. The van der Waals surface area contributed by atoms with Crippen molar-refractivity contribution in [3.05, 3.63) is 12.2 Å². The zero-order chi connectivity index (χ0) is 12.2. The van der Waals surface area contributed by atoms with Crippen molar-refractivity contribution in [2.24, 2.45) is 5.90 Å². The number of carbonyl (C=O) groups excluding carboxylic acids is 1. The van der Waals surface area contributed by atoms with Gasteiger partial charge >= 0.3 is 6.09 Å². The third kappa shape index (κ3) is 4.76. The van der Waals surface area contributed by atoms with Gasteiger partial charge in [-0.15, -0.1) is 0 Å². The Morgan fingerprint density at radius 1 is 1.56 bits per heavy atom. The molecule has 92 valence electrons. The van der Waals surface area contributed by atoms with Gasteiger partial charge in [0.1, 0.15) is 12.7 Å². The number of hydrogen-bond donors (Lipinski definition) is 2. The summed E-state index contributed by atoms with van der Waals surface area (Å²) in [5, 5.41) is 2.52. The highest BCUT2D eigenvalue weighted by molar-refractivity contribution is 6.67. The lowest BCUT2D eigenvalue weighted by molar-refractivity contribution is 0.0430. The molecule has 0 aliphatic heterocycles. The maximum atomic E-state index is 11.3. The third-order valence-corrected chi connectivity index (χ3v) is 2.27. The van der Waals surface area contributed by atoms with E-state index in [2.05, 4.69) is 14.9 Å². The minimum Gasteiger partial charge on any atom is -0.445 e. The predicted octanol–water partition coefficient (Wildman–Crippen LogP) is 1.67. The Kier molecular flexibility index (Phi) is 5.14. The lowest BCUT2D eigenvalue weighted by Gasteiger charge is -2.19. The summed E-state index contributed by atoms with van der Waals surface area (Å²) in [5.74, 6) is 5.05. The van der Waals surface area contributed by atoms with Crippen LogP contribution in [0.15, 0.2) is 12.2 Å². The number of alkyl halides is 3. The van der Waals surface area contributed by atoms with Crippen molar-refractivity contribution in [2.45, 2.75) is 22.4 Å². The Morgan fingerprint density at radius 2 is 2.25 bits per heavy atom. The maximum Gasteiger partial charge on any atom is 0.407 e. The van der Waals surface area contributed by atoms with Crippen molar-refractivity contribution in [1.29, 1.82) is 0 Å². The summed E-state index contributed by atoms with van der Waals surface area (Å²) in [6.07, 6.45) is 3.25. The molecule has 1 aliphatic carbocycles.